The molecule has 0 aromatic rings. The van der Waals surface area contributed by atoms with E-state index in [0.717, 1.165) is 0 Å². The highest BCUT2D eigenvalue weighted by Gasteiger charge is 2.04. The van der Waals surface area contributed by atoms with Crippen molar-refractivity contribution in [3.05, 3.63) is 0 Å². The van der Waals surface area contributed by atoms with Gasteiger partial charge in [-0.1, -0.05) is 0 Å². The van der Waals surface area contributed by atoms with E-state index in [2.05, 4.69) is 2.85 Å². The molecule has 2 nitrogen and oxygen atoms in total. The van der Waals surface area contributed by atoms with E-state index < -0.39 is 5.01 Å². The van der Waals surface area contributed by atoms with Crippen LogP contribution in [-0.2, 0) is 7.42 Å². The van der Waals surface area contributed by atoms with Gasteiger partial charge < -0.3 is 0 Å². The maximum absolute atomic E-state index is 10.3. The number of hydrogen-bond acceptors (Lipinski definition) is 2. The molecule has 0 radical (unpaired) electrons. The van der Waals surface area contributed by atoms with Crippen LogP contribution in [0.25, 0.3) is 0 Å². The Labute approximate surface area is 63.6 Å². The smallest absolute Gasteiger partial charge is 0.265 e. The van der Waals surface area contributed by atoms with E-state index in [1.54, 1.807) is 51.7 Å². The van der Waals surface area contributed by atoms with Crippen LogP contribution in [0.2, 0.25) is 0 Å². The molecule has 0 aromatic carbocycles. The van der Waals surface area contributed by atoms with Crippen molar-refractivity contribution >= 4 is 50.1 Å². The van der Waals surface area contributed by atoms with Gasteiger partial charge in [-0.25, -0.2) is 0 Å². The van der Waals surface area contributed by atoms with Crippen LogP contribution in [0, 0.1) is 0 Å². The van der Waals surface area contributed by atoms with Crippen molar-refractivity contribution in [1.29, 1.82) is 0 Å². The molecule has 1 unspecified atom stereocenters. The SMILES string of the molecule is CP(=O)(I)OI. The molecule has 0 aliphatic rings. The van der Waals surface area contributed by atoms with E-state index in [1.165, 1.54) is 0 Å². The average Bonchev–Trinajstić information content (AvgIpc) is 1.35. The van der Waals surface area contributed by atoms with Crippen LogP contribution in [0.4, 0.5) is 0 Å². The Hall–Kier alpha value is 1.65. The Morgan fingerprint density at radius 2 is 2.00 bits per heavy atom. The van der Waals surface area contributed by atoms with Crippen molar-refractivity contribution < 1.29 is 7.42 Å². The third-order valence-corrected chi connectivity index (χ3v) is 5.48. The molecule has 0 heterocycles. The van der Waals surface area contributed by atoms with Crippen molar-refractivity contribution in [3.8, 4) is 0 Å². The monoisotopic (exact) mass is 332 g/mol. The van der Waals surface area contributed by atoms with Gasteiger partial charge >= 0.3 is 0 Å². The fourth-order valence-electron chi connectivity index (χ4n) is 0. The summed E-state index contributed by atoms with van der Waals surface area (Å²) in [6.45, 7) is 1.56. The van der Waals surface area contributed by atoms with Gasteiger partial charge in [0, 0.05) is 28.7 Å². The number of hydrogen-bond donors (Lipinski definition) is 0. The zero-order valence-electron chi connectivity index (χ0n) is 3.02. The molecule has 0 saturated heterocycles. The third kappa shape index (κ3) is 5.65. The van der Waals surface area contributed by atoms with Crippen LogP contribution in [0.3, 0.4) is 0 Å². The van der Waals surface area contributed by atoms with E-state index >= 15 is 0 Å². The lowest BCUT2D eigenvalue weighted by atomic mass is 12.0. The summed E-state index contributed by atoms with van der Waals surface area (Å²) in [6, 6.07) is 0. The second-order valence-electron chi connectivity index (χ2n) is 0.816. The molecule has 0 aliphatic heterocycles. The lowest BCUT2D eigenvalue weighted by molar-refractivity contribution is 0.551. The summed E-state index contributed by atoms with van der Waals surface area (Å²) in [5.41, 5.74) is 0. The Morgan fingerprint density at radius 3 is 2.00 bits per heavy atom. The van der Waals surface area contributed by atoms with Crippen molar-refractivity contribution in [2.45, 2.75) is 0 Å². The molecule has 1 atom stereocenters. The standard InChI is InChI=1S/CH3I2O2P/c1-6(3,4)5-2/h1H3. The highest BCUT2D eigenvalue weighted by atomic mass is 127. The van der Waals surface area contributed by atoms with Crippen LogP contribution < -0.4 is 0 Å². The molecular weight excluding hydrogens is 329 g/mol. The van der Waals surface area contributed by atoms with E-state index in [-0.39, 0.29) is 0 Å². The van der Waals surface area contributed by atoms with E-state index in [1.807, 2.05) is 0 Å². The first-order valence-corrected chi connectivity index (χ1v) is 6.87. The second-order valence-corrected chi connectivity index (χ2v) is 8.89. The molecule has 0 aliphatic carbocycles. The Balaban J connectivity index is 3.48. The van der Waals surface area contributed by atoms with Crippen molar-refractivity contribution in [2.75, 3.05) is 6.66 Å². The molecule has 0 amide bonds. The summed E-state index contributed by atoms with van der Waals surface area (Å²) in [5.74, 6) is 0. The highest BCUT2D eigenvalue weighted by molar-refractivity contribution is 14.2. The first kappa shape index (κ1) is 7.65. The van der Waals surface area contributed by atoms with Crippen molar-refractivity contribution in [3.63, 3.8) is 0 Å². The summed E-state index contributed by atoms with van der Waals surface area (Å²) in [7, 11) is 0. The molecule has 6 heavy (non-hydrogen) atoms. The summed E-state index contributed by atoms with van der Waals surface area (Å²) in [5, 5.41) is -2.19. The van der Waals surface area contributed by atoms with Gasteiger partial charge in [-0.15, -0.1) is 0 Å². The Morgan fingerprint density at radius 1 is 1.83 bits per heavy atom. The summed E-state index contributed by atoms with van der Waals surface area (Å²) in [4.78, 5) is 0. The first-order valence-electron chi connectivity index (χ1n) is 1.14. The van der Waals surface area contributed by atoms with Gasteiger partial charge in [-0.2, -0.15) is 0 Å². The summed E-state index contributed by atoms with van der Waals surface area (Å²) >= 11 is 3.39. The summed E-state index contributed by atoms with van der Waals surface area (Å²) in [6.07, 6.45) is 0. The molecule has 0 saturated carbocycles. The van der Waals surface area contributed by atoms with Crippen LogP contribution in [0.15, 0.2) is 0 Å². The van der Waals surface area contributed by atoms with Crippen molar-refractivity contribution in [1.82, 2.24) is 0 Å². The predicted octanol–water partition coefficient (Wildman–Crippen LogP) is 2.61. The predicted molar refractivity (Wildman–Crippen MR) is 42.7 cm³/mol. The molecule has 5 heteroatoms. The molecular formula is CH3I2O2P. The molecule has 0 N–H and O–H groups in total. The Kier molecular flexibility index (Phi) is 3.62. The highest BCUT2D eigenvalue weighted by Crippen LogP contribution is 2.53. The quantitative estimate of drug-likeness (QED) is 0.545. The van der Waals surface area contributed by atoms with E-state index in [0.29, 0.717) is 0 Å². The zero-order valence-corrected chi connectivity index (χ0v) is 8.23. The normalized spacial score (nSPS) is 19.8. The lowest BCUT2D eigenvalue weighted by Gasteiger charge is -1.92. The maximum Gasteiger partial charge on any atom is 0.265 e. The largest absolute Gasteiger partial charge is 0.281 e. The van der Waals surface area contributed by atoms with Gasteiger partial charge in [0.15, 0.2) is 0 Å². The fourth-order valence-corrected chi connectivity index (χ4v) is 0. The zero-order chi connectivity index (χ0) is 5.21. The Bertz CT molecular complexity index is 75.6. The second kappa shape index (κ2) is 2.84. The summed E-state index contributed by atoms with van der Waals surface area (Å²) < 4.78 is 14.8. The molecule has 38 valence electrons. The van der Waals surface area contributed by atoms with Crippen LogP contribution in [-0.4, -0.2) is 6.66 Å². The van der Waals surface area contributed by atoms with Crippen LogP contribution >= 0.6 is 50.1 Å². The van der Waals surface area contributed by atoms with Gasteiger partial charge in [0.05, 0.1) is 0 Å². The van der Waals surface area contributed by atoms with Gasteiger partial charge in [-0.3, -0.25) is 7.42 Å². The minimum Gasteiger partial charge on any atom is -0.281 e. The number of rotatable bonds is 1. The van der Waals surface area contributed by atoms with Crippen LogP contribution in [0.5, 0.6) is 0 Å². The average molecular weight is 332 g/mol. The minimum absolute atomic E-state index is 1.56. The fraction of sp³-hybridized carbons (Fsp3) is 1.00. The number of halogens is 2. The molecule has 0 spiro atoms. The van der Waals surface area contributed by atoms with Gasteiger partial charge in [-0.05, 0) is 0 Å². The molecule has 0 bridgehead atoms. The van der Waals surface area contributed by atoms with E-state index in [4.69, 9.17) is 0 Å². The van der Waals surface area contributed by atoms with Crippen molar-refractivity contribution in [2.24, 2.45) is 0 Å². The topological polar surface area (TPSA) is 26.3 Å². The molecule has 0 rings (SSSR count). The van der Waals surface area contributed by atoms with Gasteiger partial charge in [0.2, 0.25) is 0 Å². The van der Waals surface area contributed by atoms with Crippen LogP contribution in [0.1, 0.15) is 0 Å². The molecule has 0 fully saturated rings. The van der Waals surface area contributed by atoms with E-state index in [9.17, 15) is 4.57 Å². The van der Waals surface area contributed by atoms with Gasteiger partial charge in [0.1, 0.15) is 23.0 Å². The minimum atomic E-state index is -2.19. The lowest BCUT2D eigenvalue weighted by Crippen LogP contribution is -1.56. The molecule has 0 aromatic heterocycles. The maximum atomic E-state index is 10.3. The first-order chi connectivity index (χ1) is 2.56. The third-order valence-electron chi connectivity index (χ3n) is 0.123. The van der Waals surface area contributed by atoms with Gasteiger partial charge in [0.25, 0.3) is 5.01 Å².